The largest absolute Gasteiger partial charge is 0.353 e. The molecule has 1 saturated carbocycles. The number of carbonyl (C=O) groups excluding carboxylic acids is 1. The van der Waals surface area contributed by atoms with E-state index in [0.29, 0.717) is 12.0 Å². The van der Waals surface area contributed by atoms with Gasteiger partial charge >= 0.3 is 0 Å². The molecule has 16 heavy (non-hydrogen) atoms. The molecule has 0 aromatic carbocycles. The van der Waals surface area contributed by atoms with Crippen molar-refractivity contribution in [3.63, 3.8) is 0 Å². The Morgan fingerprint density at radius 3 is 2.69 bits per heavy atom. The van der Waals surface area contributed by atoms with Crippen LogP contribution in [0.4, 0.5) is 0 Å². The average Bonchev–Trinajstić information content (AvgIpc) is 2.97. The third-order valence-electron chi connectivity index (χ3n) is 4.01. The first-order valence-corrected chi connectivity index (χ1v) is 6.71. The van der Waals surface area contributed by atoms with E-state index in [9.17, 15) is 4.79 Å². The highest BCUT2D eigenvalue weighted by Gasteiger charge is 2.31. The van der Waals surface area contributed by atoms with E-state index >= 15 is 0 Å². The van der Waals surface area contributed by atoms with Gasteiger partial charge in [-0.1, -0.05) is 26.7 Å². The van der Waals surface area contributed by atoms with E-state index in [0.717, 1.165) is 25.4 Å². The van der Waals surface area contributed by atoms with E-state index < -0.39 is 0 Å². The Morgan fingerprint density at radius 2 is 2.19 bits per heavy atom. The molecule has 2 aliphatic rings. The maximum atomic E-state index is 12.1. The van der Waals surface area contributed by atoms with Crippen molar-refractivity contribution in [3.05, 3.63) is 0 Å². The van der Waals surface area contributed by atoms with Crippen LogP contribution in [0.15, 0.2) is 0 Å². The Morgan fingerprint density at radius 1 is 1.44 bits per heavy atom. The van der Waals surface area contributed by atoms with Crippen molar-refractivity contribution in [2.75, 3.05) is 13.1 Å². The Labute approximate surface area is 98.4 Å². The van der Waals surface area contributed by atoms with Gasteiger partial charge in [-0.3, -0.25) is 4.79 Å². The fraction of sp³-hybridized carbons (Fsp3) is 0.923. The van der Waals surface area contributed by atoms with Crippen molar-refractivity contribution >= 4 is 5.91 Å². The molecule has 1 unspecified atom stereocenters. The van der Waals surface area contributed by atoms with Crippen LogP contribution in [-0.2, 0) is 4.79 Å². The molecule has 1 aliphatic carbocycles. The van der Waals surface area contributed by atoms with Crippen LogP contribution in [-0.4, -0.2) is 25.0 Å². The molecule has 3 nitrogen and oxygen atoms in total. The number of amides is 1. The summed E-state index contributed by atoms with van der Waals surface area (Å²) in [6.45, 7) is 6.17. The first-order chi connectivity index (χ1) is 7.70. The summed E-state index contributed by atoms with van der Waals surface area (Å²) in [6, 6.07) is 0.410. The quantitative estimate of drug-likeness (QED) is 0.743. The molecule has 1 saturated heterocycles. The molecular weight excluding hydrogens is 200 g/mol. The van der Waals surface area contributed by atoms with Crippen LogP contribution in [0.2, 0.25) is 0 Å². The molecule has 3 heteroatoms. The lowest BCUT2D eigenvalue weighted by molar-refractivity contribution is -0.126. The molecule has 1 amide bonds. The Bertz CT molecular complexity index is 250. The number of nitrogens with one attached hydrogen (secondary N) is 2. The van der Waals surface area contributed by atoms with Crippen molar-refractivity contribution in [1.82, 2.24) is 10.6 Å². The summed E-state index contributed by atoms with van der Waals surface area (Å²) >= 11 is 0. The topological polar surface area (TPSA) is 41.1 Å². The number of rotatable bonds is 5. The summed E-state index contributed by atoms with van der Waals surface area (Å²) in [5.41, 5.74) is 0. The van der Waals surface area contributed by atoms with Gasteiger partial charge in [0.1, 0.15) is 0 Å². The zero-order chi connectivity index (χ0) is 11.5. The lowest BCUT2D eigenvalue weighted by Gasteiger charge is -2.21. The molecule has 2 fully saturated rings. The molecule has 2 N–H and O–H groups in total. The van der Waals surface area contributed by atoms with Gasteiger partial charge in [-0.2, -0.15) is 0 Å². The number of hydrogen-bond acceptors (Lipinski definition) is 2. The van der Waals surface area contributed by atoms with Crippen LogP contribution in [0.1, 0.15) is 39.5 Å². The van der Waals surface area contributed by atoms with Gasteiger partial charge in [-0.05, 0) is 31.2 Å². The molecular formula is C13H24N2O. The number of carbonyl (C=O) groups is 1. The van der Waals surface area contributed by atoms with E-state index in [2.05, 4.69) is 24.5 Å². The predicted molar refractivity (Wildman–Crippen MR) is 65.1 cm³/mol. The minimum Gasteiger partial charge on any atom is -0.353 e. The van der Waals surface area contributed by atoms with Crippen molar-refractivity contribution in [1.29, 1.82) is 0 Å². The second-order valence-corrected chi connectivity index (χ2v) is 5.53. The van der Waals surface area contributed by atoms with E-state index in [1.54, 1.807) is 0 Å². The van der Waals surface area contributed by atoms with E-state index in [-0.39, 0.29) is 11.8 Å². The molecule has 0 aromatic rings. The fourth-order valence-electron chi connectivity index (χ4n) is 2.55. The van der Waals surface area contributed by atoms with Crippen molar-refractivity contribution in [2.24, 2.45) is 17.8 Å². The Kier molecular flexibility index (Phi) is 3.85. The maximum absolute atomic E-state index is 12.1. The van der Waals surface area contributed by atoms with Crippen LogP contribution in [0.3, 0.4) is 0 Å². The monoisotopic (exact) mass is 224 g/mol. The van der Waals surface area contributed by atoms with Crippen LogP contribution in [0, 0.1) is 17.8 Å². The molecule has 0 bridgehead atoms. The van der Waals surface area contributed by atoms with Gasteiger partial charge in [0.05, 0.1) is 5.92 Å². The molecule has 0 radical (unpaired) electrons. The molecule has 2 rings (SSSR count). The van der Waals surface area contributed by atoms with Gasteiger partial charge in [0, 0.05) is 12.6 Å². The summed E-state index contributed by atoms with van der Waals surface area (Å²) in [5.74, 6) is 1.83. The fourth-order valence-corrected chi connectivity index (χ4v) is 2.55. The summed E-state index contributed by atoms with van der Waals surface area (Å²) in [7, 11) is 0. The zero-order valence-electron chi connectivity index (χ0n) is 10.5. The minimum absolute atomic E-state index is 0.188. The summed E-state index contributed by atoms with van der Waals surface area (Å²) in [5, 5.41) is 6.52. The van der Waals surface area contributed by atoms with Gasteiger partial charge in [0.25, 0.3) is 0 Å². The Hall–Kier alpha value is -0.570. The van der Waals surface area contributed by atoms with Crippen LogP contribution in [0.25, 0.3) is 0 Å². The molecule has 1 aliphatic heterocycles. The molecule has 92 valence electrons. The van der Waals surface area contributed by atoms with Crippen molar-refractivity contribution in [3.8, 4) is 0 Å². The second kappa shape index (κ2) is 5.17. The van der Waals surface area contributed by atoms with Gasteiger partial charge in [-0.25, -0.2) is 0 Å². The van der Waals surface area contributed by atoms with E-state index in [1.165, 1.54) is 19.3 Å². The van der Waals surface area contributed by atoms with Crippen molar-refractivity contribution in [2.45, 2.75) is 45.6 Å². The molecule has 1 heterocycles. The highest BCUT2D eigenvalue weighted by Crippen LogP contribution is 2.34. The van der Waals surface area contributed by atoms with Crippen LogP contribution in [0.5, 0.6) is 0 Å². The van der Waals surface area contributed by atoms with Gasteiger partial charge in [0.2, 0.25) is 5.91 Å². The first-order valence-electron chi connectivity index (χ1n) is 6.71. The molecule has 3 atom stereocenters. The maximum Gasteiger partial charge on any atom is 0.224 e. The normalized spacial score (nSPS) is 31.4. The summed E-state index contributed by atoms with van der Waals surface area (Å²) < 4.78 is 0. The van der Waals surface area contributed by atoms with Gasteiger partial charge in [-0.15, -0.1) is 0 Å². The van der Waals surface area contributed by atoms with E-state index in [1.807, 2.05) is 0 Å². The average molecular weight is 224 g/mol. The molecule has 0 spiro atoms. The lowest BCUT2D eigenvalue weighted by atomic mass is 9.96. The van der Waals surface area contributed by atoms with Gasteiger partial charge in [0.15, 0.2) is 0 Å². The van der Waals surface area contributed by atoms with E-state index in [4.69, 9.17) is 0 Å². The standard InChI is InChI=1S/C13H24N2O/c1-3-11(6-10-4-5-10)15-13(16)12-8-14-7-9(12)2/h9-12,14H,3-8H2,1-2H3,(H,15,16)/t9-,11?,12-/m1/s1. The highest BCUT2D eigenvalue weighted by atomic mass is 16.2. The third-order valence-corrected chi connectivity index (χ3v) is 4.01. The van der Waals surface area contributed by atoms with Gasteiger partial charge < -0.3 is 10.6 Å². The van der Waals surface area contributed by atoms with Crippen LogP contribution < -0.4 is 10.6 Å². The SMILES string of the molecule is CCC(CC1CC1)NC(=O)[C@@H]1CNC[C@H]1C. The zero-order valence-corrected chi connectivity index (χ0v) is 10.5. The Balaban J connectivity index is 1.79. The smallest absolute Gasteiger partial charge is 0.224 e. The van der Waals surface area contributed by atoms with Crippen molar-refractivity contribution < 1.29 is 4.79 Å². The lowest BCUT2D eigenvalue weighted by Crippen LogP contribution is -2.41. The first kappa shape index (κ1) is 11.9. The summed E-state index contributed by atoms with van der Waals surface area (Å²) in [4.78, 5) is 12.1. The second-order valence-electron chi connectivity index (χ2n) is 5.53. The minimum atomic E-state index is 0.188. The van der Waals surface area contributed by atoms with Crippen LogP contribution >= 0.6 is 0 Å². The third kappa shape index (κ3) is 2.97. The summed E-state index contributed by atoms with van der Waals surface area (Å²) in [6.07, 6.45) is 5.00. The molecule has 0 aromatic heterocycles. The predicted octanol–water partition coefficient (Wildman–Crippen LogP) is 1.54. The highest BCUT2D eigenvalue weighted by molar-refractivity contribution is 5.79. The number of hydrogen-bond donors (Lipinski definition) is 2.